The third-order valence-corrected chi connectivity index (χ3v) is 3.21. The SMILES string of the molecule is Cc1ncc(C(=O)OCCCn2ccc(=O)c(O)c2C)cn1. The van der Waals surface area contributed by atoms with Gasteiger partial charge in [0.15, 0.2) is 5.75 Å². The second-order valence-corrected chi connectivity index (χ2v) is 4.82. The van der Waals surface area contributed by atoms with Crippen LogP contribution in [0.25, 0.3) is 0 Å². The van der Waals surface area contributed by atoms with Crippen LogP contribution in [0.1, 0.15) is 28.3 Å². The van der Waals surface area contributed by atoms with E-state index in [1.807, 2.05) is 0 Å². The molecule has 0 saturated carbocycles. The molecule has 7 heteroatoms. The van der Waals surface area contributed by atoms with Gasteiger partial charge in [-0.25, -0.2) is 14.8 Å². The van der Waals surface area contributed by atoms with Crippen LogP contribution in [-0.4, -0.2) is 32.2 Å². The predicted molar refractivity (Wildman–Crippen MR) is 78.8 cm³/mol. The number of esters is 1. The second-order valence-electron chi connectivity index (χ2n) is 4.82. The molecule has 1 N–H and O–H groups in total. The van der Waals surface area contributed by atoms with E-state index in [0.29, 0.717) is 30.0 Å². The number of rotatable bonds is 5. The highest BCUT2D eigenvalue weighted by Gasteiger charge is 2.08. The maximum atomic E-state index is 11.7. The smallest absolute Gasteiger partial charge is 0.341 e. The molecule has 0 fully saturated rings. The van der Waals surface area contributed by atoms with Crippen molar-refractivity contribution >= 4 is 5.97 Å². The van der Waals surface area contributed by atoms with Crippen LogP contribution < -0.4 is 5.43 Å². The van der Waals surface area contributed by atoms with Gasteiger partial charge in [0.1, 0.15) is 5.82 Å². The summed E-state index contributed by atoms with van der Waals surface area (Å²) in [6.07, 6.45) is 5.01. The summed E-state index contributed by atoms with van der Waals surface area (Å²) in [5.41, 5.74) is 0.396. The van der Waals surface area contributed by atoms with Crippen molar-refractivity contribution in [3.63, 3.8) is 0 Å². The monoisotopic (exact) mass is 303 g/mol. The van der Waals surface area contributed by atoms with Gasteiger partial charge in [0.2, 0.25) is 5.43 Å². The van der Waals surface area contributed by atoms with Gasteiger partial charge in [-0.3, -0.25) is 4.79 Å². The van der Waals surface area contributed by atoms with E-state index < -0.39 is 11.4 Å². The maximum Gasteiger partial charge on any atom is 0.341 e. The lowest BCUT2D eigenvalue weighted by molar-refractivity contribution is 0.0494. The molecule has 0 aliphatic heterocycles. The Kier molecular flexibility index (Phi) is 4.88. The van der Waals surface area contributed by atoms with Crippen molar-refractivity contribution in [1.29, 1.82) is 0 Å². The van der Waals surface area contributed by atoms with E-state index in [0.717, 1.165) is 0 Å². The average molecular weight is 303 g/mol. The Morgan fingerprint density at radius 1 is 1.32 bits per heavy atom. The molecule has 2 aromatic rings. The molecule has 0 saturated heterocycles. The van der Waals surface area contributed by atoms with Gasteiger partial charge in [-0.2, -0.15) is 0 Å². The Balaban J connectivity index is 1.85. The normalized spacial score (nSPS) is 10.5. The van der Waals surface area contributed by atoms with E-state index in [1.54, 1.807) is 24.6 Å². The number of nitrogens with zero attached hydrogens (tertiary/aromatic N) is 3. The van der Waals surface area contributed by atoms with Gasteiger partial charge in [0.25, 0.3) is 0 Å². The second kappa shape index (κ2) is 6.84. The first-order valence-corrected chi connectivity index (χ1v) is 6.84. The lowest BCUT2D eigenvalue weighted by Gasteiger charge is -2.11. The van der Waals surface area contributed by atoms with Crippen molar-refractivity contribution in [1.82, 2.24) is 14.5 Å². The highest BCUT2D eigenvalue weighted by Crippen LogP contribution is 2.09. The molecule has 0 unspecified atom stereocenters. The molecule has 0 aliphatic rings. The first-order valence-electron chi connectivity index (χ1n) is 6.84. The summed E-state index contributed by atoms with van der Waals surface area (Å²) >= 11 is 0. The highest BCUT2D eigenvalue weighted by molar-refractivity contribution is 5.88. The number of aromatic hydroxyl groups is 1. The fourth-order valence-corrected chi connectivity index (χ4v) is 1.89. The standard InChI is InChI=1S/C15H17N3O4/c1-10-14(20)13(19)4-6-18(10)5-3-7-22-15(21)12-8-16-11(2)17-9-12/h4,6,8-9,20H,3,5,7H2,1-2H3. The van der Waals surface area contributed by atoms with E-state index in [1.165, 1.54) is 18.5 Å². The molecule has 2 aromatic heterocycles. The third kappa shape index (κ3) is 3.69. The van der Waals surface area contributed by atoms with Gasteiger partial charge in [0, 0.05) is 31.2 Å². The van der Waals surface area contributed by atoms with Crippen molar-refractivity contribution in [3.8, 4) is 5.75 Å². The van der Waals surface area contributed by atoms with Gasteiger partial charge in [-0.05, 0) is 20.3 Å². The molecule has 2 heterocycles. The fourth-order valence-electron chi connectivity index (χ4n) is 1.89. The predicted octanol–water partition coefficient (Wildman–Crippen LogP) is 1.21. The molecule has 7 nitrogen and oxygen atoms in total. The summed E-state index contributed by atoms with van der Waals surface area (Å²) in [6, 6.07) is 1.30. The summed E-state index contributed by atoms with van der Waals surface area (Å²) in [7, 11) is 0. The van der Waals surface area contributed by atoms with Crippen molar-refractivity contribution in [2.75, 3.05) is 6.61 Å². The number of pyridine rings is 1. The summed E-state index contributed by atoms with van der Waals surface area (Å²) < 4.78 is 6.86. The molecule has 0 aromatic carbocycles. The van der Waals surface area contributed by atoms with Crippen molar-refractivity contribution < 1.29 is 14.6 Å². The molecule has 0 bridgehead atoms. The van der Waals surface area contributed by atoms with Gasteiger partial charge in [0.05, 0.1) is 17.9 Å². The molecule has 0 radical (unpaired) electrons. The van der Waals surface area contributed by atoms with E-state index in [9.17, 15) is 14.7 Å². The van der Waals surface area contributed by atoms with Gasteiger partial charge in [-0.15, -0.1) is 0 Å². The Hall–Kier alpha value is -2.70. The van der Waals surface area contributed by atoms with Crippen molar-refractivity contribution in [2.24, 2.45) is 0 Å². The lowest BCUT2D eigenvalue weighted by Crippen LogP contribution is -2.13. The van der Waals surface area contributed by atoms with E-state index in [-0.39, 0.29) is 12.4 Å². The minimum atomic E-state index is -0.473. The van der Waals surface area contributed by atoms with Crippen LogP contribution in [0.2, 0.25) is 0 Å². The van der Waals surface area contributed by atoms with Crippen molar-refractivity contribution in [3.05, 3.63) is 52.0 Å². The molecule has 0 spiro atoms. The number of carbonyl (C=O) groups excluding carboxylic acids is 1. The molecule has 116 valence electrons. The van der Waals surface area contributed by atoms with Gasteiger partial charge >= 0.3 is 5.97 Å². The van der Waals surface area contributed by atoms with Crippen LogP contribution in [0.15, 0.2) is 29.5 Å². The van der Waals surface area contributed by atoms with Crippen LogP contribution in [0.3, 0.4) is 0 Å². The quantitative estimate of drug-likeness (QED) is 0.659. The Morgan fingerprint density at radius 2 is 2.00 bits per heavy atom. The summed E-state index contributed by atoms with van der Waals surface area (Å²) in [5, 5.41) is 9.57. The Bertz CT molecular complexity index is 723. The molecular formula is C15H17N3O4. The zero-order valence-corrected chi connectivity index (χ0v) is 12.4. The molecule has 0 amide bonds. The van der Waals surface area contributed by atoms with Crippen LogP contribution in [-0.2, 0) is 11.3 Å². The topological polar surface area (TPSA) is 94.3 Å². The maximum absolute atomic E-state index is 11.7. The molecule has 2 rings (SSSR count). The zero-order valence-electron chi connectivity index (χ0n) is 12.4. The number of carbonyl (C=O) groups is 1. The van der Waals surface area contributed by atoms with Gasteiger partial charge in [-0.1, -0.05) is 0 Å². The highest BCUT2D eigenvalue weighted by atomic mass is 16.5. The van der Waals surface area contributed by atoms with E-state index in [4.69, 9.17) is 4.74 Å². The first-order chi connectivity index (χ1) is 10.5. The summed E-state index contributed by atoms with van der Waals surface area (Å²) in [5.74, 6) is -0.138. The zero-order chi connectivity index (χ0) is 16.1. The number of hydrogen-bond acceptors (Lipinski definition) is 6. The van der Waals surface area contributed by atoms with Crippen LogP contribution in [0.4, 0.5) is 0 Å². The number of aromatic nitrogens is 3. The molecule has 22 heavy (non-hydrogen) atoms. The third-order valence-electron chi connectivity index (χ3n) is 3.21. The lowest BCUT2D eigenvalue weighted by atomic mass is 10.3. The molecule has 0 atom stereocenters. The van der Waals surface area contributed by atoms with Gasteiger partial charge < -0.3 is 14.4 Å². The van der Waals surface area contributed by atoms with Crippen molar-refractivity contribution in [2.45, 2.75) is 26.8 Å². The number of hydrogen-bond donors (Lipinski definition) is 1. The molecular weight excluding hydrogens is 286 g/mol. The Labute approximate surface area is 127 Å². The minimum Gasteiger partial charge on any atom is -0.503 e. The van der Waals surface area contributed by atoms with Crippen LogP contribution in [0, 0.1) is 13.8 Å². The number of aryl methyl sites for hydroxylation is 2. The fraction of sp³-hybridized carbons (Fsp3) is 0.333. The first kappa shape index (κ1) is 15.7. The van der Waals surface area contributed by atoms with Crippen LogP contribution >= 0.6 is 0 Å². The van der Waals surface area contributed by atoms with Crippen LogP contribution in [0.5, 0.6) is 5.75 Å². The largest absolute Gasteiger partial charge is 0.503 e. The molecule has 0 aliphatic carbocycles. The average Bonchev–Trinajstić information content (AvgIpc) is 2.51. The summed E-state index contributed by atoms with van der Waals surface area (Å²) in [4.78, 5) is 30.9. The Morgan fingerprint density at radius 3 is 2.68 bits per heavy atom. The summed E-state index contributed by atoms with van der Waals surface area (Å²) in [6.45, 7) is 4.14. The van der Waals surface area contributed by atoms with E-state index >= 15 is 0 Å². The van der Waals surface area contributed by atoms with E-state index in [2.05, 4.69) is 9.97 Å². The number of ether oxygens (including phenoxy) is 1. The minimum absolute atomic E-state index is 0.221.